The first kappa shape index (κ1) is 15.9. The quantitative estimate of drug-likeness (QED) is 0.579. The smallest absolute Gasteiger partial charge is 0.323 e. The molecular weight excluding hydrogens is 248 g/mol. The molecule has 0 saturated carbocycles. The molecule has 100 valence electrons. The minimum absolute atomic E-state index is 0.160. The van der Waals surface area contributed by atoms with Crippen LogP contribution in [0.25, 0.3) is 0 Å². The van der Waals surface area contributed by atoms with Gasteiger partial charge >= 0.3 is 5.97 Å². The van der Waals surface area contributed by atoms with Crippen molar-refractivity contribution in [2.75, 3.05) is 13.6 Å². The zero-order valence-electron chi connectivity index (χ0n) is 10.3. The minimum Gasteiger partial charge on any atom is -0.480 e. The zero-order valence-corrected chi connectivity index (χ0v) is 11.1. The molecule has 1 amide bonds. The monoisotopic (exact) mass is 266 g/mol. The minimum atomic E-state index is -3.96. The molecule has 1 unspecified atom stereocenters. The fourth-order valence-corrected chi connectivity index (χ4v) is 2.03. The van der Waals surface area contributed by atoms with Gasteiger partial charge < -0.3 is 10.4 Å². The third-order valence-electron chi connectivity index (χ3n) is 2.37. The van der Waals surface area contributed by atoms with Gasteiger partial charge in [-0.05, 0) is 20.8 Å². The van der Waals surface area contributed by atoms with E-state index in [1.807, 2.05) is 0 Å². The molecule has 0 heterocycles. The maximum absolute atomic E-state index is 11.5. The molecule has 7 nitrogen and oxygen atoms in total. The van der Waals surface area contributed by atoms with Gasteiger partial charge in [0.15, 0.2) is 5.25 Å². The molecule has 0 radical (unpaired) electrons. The van der Waals surface area contributed by atoms with Crippen LogP contribution in [-0.4, -0.2) is 44.2 Å². The maximum atomic E-state index is 11.5. The second-order valence-corrected chi connectivity index (χ2v) is 6.40. The van der Waals surface area contributed by atoms with Crippen molar-refractivity contribution in [2.24, 2.45) is 5.41 Å². The fraction of sp³-hybridized carbons (Fsp3) is 0.778. The highest BCUT2D eigenvalue weighted by molar-refractivity contribution is 7.90. The van der Waals surface area contributed by atoms with Gasteiger partial charge in [0, 0.05) is 13.6 Å². The van der Waals surface area contributed by atoms with E-state index in [2.05, 4.69) is 10.0 Å². The SMILES string of the molecule is CNC(=O)C(C)(C)CNS(=O)(=O)C(C)C(=O)O. The Morgan fingerprint density at radius 2 is 1.82 bits per heavy atom. The van der Waals surface area contributed by atoms with Gasteiger partial charge in [-0.3, -0.25) is 9.59 Å². The normalized spacial score (nSPS) is 14.1. The van der Waals surface area contributed by atoms with E-state index >= 15 is 0 Å². The molecule has 8 heteroatoms. The molecule has 0 saturated heterocycles. The predicted molar refractivity (Wildman–Crippen MR) is 61.9 cm³/mol. The summed E-state index contributed by atoms with van der Waals surface area (Å²) in [7, 11) is -2.52. The van der Waals surface area contributed by atoms with Crippen molar-refractivity contribution in [1.82, 2.24) is 10.0 Å². The highest BCUT2D eigenvalue weighted by atomic mass is 32.2. The van der Waals surface area contributed by atoms with Gasteiger partial charge in [0.1, 0.15) is 0 Å². The van der Waals surface area contributed by atoms with Crippen molar-refractivity contribution in [3.05, 3.63) is 0 Å². The van der Waals surface area contributed by atoms with Crippen LogP contribution in [0.1, 0.15) is 20.8 Å². The summed E-state index contributed by atoms with van der Waals surface area (Å²) in [5.74, 6) is -1.77. The fourth-order valence-electron chi connectivity index (χ4n) is 0.957. The zero-order chi connectivity index (χ0) is 13.9. The van der Waals surface area contributed by atoms with E-state index in [1.165, 1.54) is 7.05 Å². The van der Waals surface area contributed by atoms with Gasteiger partial charge in [-0.15, -0.1) is 0 Å². The molecule has 17 heavy (non-hydrogen) atoms. The summed E-state index contributed by atoms with van der Waals surface area (Å²) < 4.78 is 25.1. The van der Waals surface area contributed by atoms with Gasteiger partial charge in [0.25, 0.3) is 0 Å². The van der Waals surface area contributed by atoms with Crippen LogP contribution in [0.3, 0.4) is 0 Å². The van der Waals surface area contributed by atoms with E-state index in [9.17, 15) is 18.0 Å². The molecule has 0 fully saturated rings. The lowest BCUT2D eigenvalue weighted by molar-refractivity contribution is -0.136. The lowest BCUT2D eigenvalue weighted by Gasteiger charge is -2.23. The van der Waals surface area contributed by atoms with Gasteiger partial charge in [-0.2, -0.15) is 0 Å². The molecular formula is C9H18N2O5S. The first-order valence-electron chi connectivity index (χ1n) is 4.98. The van der Waals surface area contributed by atoms with Gasteiger partial charge in [-0.1, -0.05) is 0 Å². The Labute approximate surface area is 101 Å². The van der Waals surface area contributed by atoms with Crippen molar-refractivity contribution in [3.8, 4) is 0 Å². The van der Waals surface area contributed by atoms with Crippen LogP contribution < -0.4 is 10.0 Å². The summed E-state index contributed by atoms with van der Waals surface area (Å²) in [5.41, 5.74) is -0.944. The van der Waals surface area contributed by atoms with Crippen LogP contribution in [0.4, 0.5) is 0 Å². The third kappa shape index (κ3) is 4.31. The van der Waals surface area contributed by atoms with Gasteiger partial charge in [0.2, 0.25) is 15.9 Å². The van der Waals surface area contributed by atoms with Crippen molar-refractivity contribution in [1.29, 1.82) is 0 Å². The largest absolute Gasteiger partial charge is 0.480 e. The average Bonchev–Trinajstić information content (AvgIpc) is 2.24. The van der Waals surface area contributed by atoms with Crippen molar-refractivity contribution in [3.63, 3.8) is 0 Å². The van der Waals surface area contributed by atoms with Gasteiger partial charge in [0.05, 0.1) is 5.41 Å². The third-order valence-corrected chi connectivity index (χ3v) is 4.05. The number of carboxylic acids is 1. The van der Waals surface area contributed by atoms with Crippen molar-refractivity contribution in [2.45, 2.75) is 26.0 Å². The summed E-state index contributed by atoms with van der Waals surface area (Å²) in [6, 6.07) is 0. The Hall–Kier alpha value is -1.15. The summed E-state index contributed by atoms with van der Waals surface area (Å²) in [4.78, 5) is 22.0. The first-order valence-corrected chi connectivity index (χ1v) is 6.52. The number of carboxylic acid groups (broad SMARTS) is 1. The van der Waals surface area contributed by atoms with Crippen LogP contribution in [-0.2, 0) is 19.6 Å². The van der Waals surface area contributed by atoms with E-state index in [0.29, 0.717) is 0 Å². The number of sulfonamides is 1. The number of rotatable bonds is 6. The number of nitrogens with one attached hydrogen (secondary N) is 2. The van der Waals surface area contributed by atoms with Crippen molar-refractivity contribution >= 4 is 21.9 Å². The van der Waals surface area contributed by atoms with Crippen LogP contribution >= 0.6 is 0 Å². The number of aliphatic carboxylic acids is 1. The second-order valence-electron chi connectivity index (χ2n) is 4.31. The van der Waals surface area contributed by atoms with Crippen LogP contribution in [0.5, 0.6) is 0 Å². The van der Waals surface area contributed by atoms with E-state index in [-0.39, 0.29) is 12.5 Å². The lowest BCUT2D eigenvalue weighted by atomic mass is 9.93. The molecule has 0 aliphatic rings. The molecule has 0 aliphatic carbocycles. The van der Waals surface area contributed by atoms with E-state index in [0.717, 1.165) is 6.92 Å². The average molecular weight is 266 g/mol. The Balaban J connectivity index is 4.68. The number of hydrogen-bond acceptors (Lipinski definition) is 4. The number of hydrogen-bond donors (Lipinski definition) is 3. The summed E-state index contributed by atoms with van der Waals surface area (Å²) in [5, 5.41) is 9.45. The predicted octanol–water partition coefficient (Wildman–Crippen LogP) is -0.849. The molecule has 0 bridgehead atoms. The molecule has 0 aromatic rings. The van der Waals surface area contributed by atoms with E-state index in [1.54, 1.807) is 13.8 Å². The highest BCUT2D eigenvalue weighted by Crippen LogP contribution is 2.14. The molecule has 0 spiro atoms. The summed E-state index contributed by atoms with van der Waals surface area (Å²) >= 11 is 0. The number of carbonyl (C=O) groups is 2. The van der Waals surface area contributed by atoms with Crippen LogP contribution in [0, 0.1) is 5.41 Å². The Morgan fingerprint density at radius 1 is 1.35 bits per heavy atom. The van der Waals surface area contributed by atoms with Crippen LogP contribution in [0.15, 0.2) is 0 Å². The Bertz CT molecular complexity index is 402. The molecule has 1 atom stereocenters. The molecule has 0 aromatic heterocycles. The Morgan fingerprint density at radius 3 is 2.18 bits per heavy atom. The first-order chi connectivity index (χ1) is 7.54. The highest BCUT2D eigenvalue weighted by Gasteiger charge is 2.32. The maximum Gasteiger partial charge on any atom is 0.323 e. The molecule has 0 aliphatic heterocycles. The van der Waals surface area contributed by atoms with E-state index in [4.69, 9.17) is 5.11 Å². The summed E-state index contributed by atoms with van der Waals surface area (Å²) in [6.45, 7) is 4.02. The standard InChI is InChI=1S/C9H18N2O5S/c1-6(7(12)13)17(15,16)11-5-9(2,3)8(14)10-4/h6,11H,5H2,1-4H3,(H,10,14)(H,12,13). The molecule has 0 rings (SSSR count). The summed E-state index contributed by atoms with van der Waals surface area (Å²) in [6.07, 6.45) is 0. The number of carbonyl (C=O) groups excluding carboxylic acids is 1. The topological polar surface area (TPSA) is 113 Å². The Kier molecular flexibility index (Phi) is 5.09. The van der Waals surface area contributed by atoms with E-state index < -0.39 is 26.7 Å². The van der Waals surface area contributed by atoms with Crippen LogP contribution in [0.2, 0.25) is 0 Å². The lowest BCUT2D eigenvalue weighted by Crippen LogP contribution is -2.46. The van der Waals surface area contributed by atoms with Crippen molar-refractivity contribution < 1.29 is 23.1 Å². The molecule has 3 N–H and O–H groups in total. The number of amides is 1. The van der Waals surface area contributed by atoms with Gasteiger partial charge in [-0.25, -0.2) is 13.1 Å². The molecule has 0 aromatic carbocycles. The second kappa shape index (κ2) is 5.46.